The van der Waals surface area contributed by atoms with Crippen molar-refractivity contribution in [3.63, 3.8) is 0 Å². The molecule has 3 N–H and O–H groups in total. The second-order valence-electron chi connectivity index (χ2n) is 3.17. The molecular formula is C9H21NO2. The summed E-state index contributed by atoms with van der Waals surface area (Å²) < 4.78 is 0. The quantitative estimate of drug-likeness (QED) is 0.471. The highest BCUT2D eigenvalue weighted by atomic mass is 16.3. The Labute approximate surface area is 74.8 Å². The van der Waals surface area contributed by atoms with Crippen LogP contribution in [0.3, 0.4) is 0 Å². The van der Waals surface area contributed by atoms with E-state index in [1.165, 1.54) is 0 Å². The van der Waals surface area contributed by atoms with Gasteiger partial charge in [-0.1, -0.05) is 0 Å². The molecular weight excluding hydrogens is 154 g/mol. The van der Waals surface area contributed by atoms with Crippen molar-refractivity contribution in [3.05, 3.63) is 0 Å². The predicted octanol–water partition coefficient (Wildman–Crippen LogP) is 0.509. The monoisotopic (exact) mass is 175 g/mol. The third kappa shape index (κ3) is 9.88. The maximum absolute atomic E-state index is 8.92. The molecule has 0 radical (unpaired) electrons. The first-order valence-electron chi connectivity index (χ1n) is 4.77. The van der Waals surface area contributed by atoms with Gasteiger partial charge >= 0.3 is 0 Å². The molecule has 0 saturated heterocycles. The van der Waals surface area contributed by atoms with Crippen molar-refractivity contribution in [2.75, 3.05) is 19.7 Å². The Bertz CT molecular complexity index is 86.6. The Morgan fingerprint density at radius 3 is 2.50 bits per heavy atom. The maximum Gasteiger partial charge on any atom is 0.0524 e. The van der Waals surface area contributed by atoms with Crippen LogP contribution < -0.4 is 5.32 Å². The van der Waals surface area contributed by atoms with Crippen LogP contribution in [0.1, 0.15) is 32.6 Å². The molecule has 0 fully saturated rings. The fourth-order valence-electron chi connectivity index (χ4n) is 0.975. The first kappa shape index (κ1) is 11.9. The number of aliphatic hydroxyl groups excluding tert-OH is 2. The number of hydrogen-bond donors (Lipinski definition) is 3. The van der Waals surface area contributed by atoms with Gasteiger partial charge < -0.3 is 15.5 Å². The standard InChI is InChI=1S/C9H21NO2/c1-9(12)5-7-10-6-3-2-4-8-11/h9-12H,2-8H2,1H3. The summed E-state index contributed by atoms with van der Waals surface area (Å²) in [7, 11) is 0. The van der Waals surface area contributed by atoms with E-state index in [4.69, 9.17) is 10.2 Å². The Kier molecular flexibility index (Phi) is 8.88. The summed E-state index contributed by atoms with van der Waals surface area (Å²) in [4.78, 5) is 0. The third-order valence-electron chi connectivity index (χ3n) is 1.75. The highest BCUT2D eigenvalue weighted by Crippen LogP contribution is 1.92. The van der Waals surface area contributed by atoms with Crippen molar-refractivity contribution >= 4 is 0 Å². The maximum atomic E-state index is 8.92. The molecule has 0 aromatic carbocycles. The summed E-state index contributed by atoms with van der Waals surface area (Å²) in [6.07, 6.45) is 3.71. The number of unbranched alkanes of at least 4 members (excludes halogenated alkanes) is 2. The van der Waals surface area contributed by atoms with Gasteiger partial charge in [0, 0.05) is 6.61 Å². The van der Waals surface area contributed by atoms with Crippen LogP contribution in [-0.4, -0.2) is 36.0 Å². The van der Waals surface area contributed by atoms with Crippen LogP contribution in [0.5, 0.6) is 0 Å². The zero-order valence-corrected chi connectivity index (χ0v) is 7.92. The van der Waals surface area contributed by atoms with Crippen LogP contribution in [0, 0.1) is 0 Å². The molecule has 0 aliphatic heterocycles. The van der Waals surface area contributed by atoms with E-state index in [2.05, 4.69) is 5.32 Å². The average Bonchev–Trinajstić information content (AvgIpc) is 2.02. The molecule has 3 heteroatoms. The van der Waals surface area contributed by atoms with E-state index >= 15 is 0 Å². The minimum absolute atomic E-state index is 0.199. The number of aliphatic hydroxyl groups is 2. The summed E-state index contributed by atoms with van der Waals surface area (Å²) in [6, 6.07) is 0. The minimum Gasteiger partial charge on any atom is -0.396 e. The summed E-state index contributed by atoms with van der Waals surface area (Å²) in [5, 5.41) is 20.6. The Hall–Kier alpha value is -0.120. The molecule has 74 valence electrons. The smallest absolute Gasteiger partial charge is 0.0524 e. The number of nitrogens with one attached hydrogen (secondary N) is 1. The highest BCUT2D eigenvalue weighted by molar-refractivity contribution is 4.52. The van der Waals surface area contributed by atoms with E-state index in [-0.39, 0.29) is 6.10 Å². The third-order valence-corrected chi connectivity index (χ3v) is 1.75. The lowest BCUT2D eigenvalue weighted by Gasteiger charge is -2.05. The van der Waals surface area contributed by atoms with E-state index < -0.39 is 0 Å². The van der Waals surface area contributed by atoms with Gasteiger partial charge in [0.1, 0.15) is 0 Å². The molecule has 0 amide bonds. The van der Waals surface area contributed by atoms with Crippen LogP contribution in [0.25, 0.3) is 0 Å². The molecule has 0 rings (SSSR count). The Morgan fingerprint density at radius 2 is 1.92 bits per heavy atom. The van der Waals surface area contributed by atoms with Gasteiger partial charge in [-0.25, -0.2) is 0 Å². The van der Waals surface area contributed by atoms with E-state index in [9.17, 15) is 0 Å². The van der Waals surface area contributed by atoms with Gasteiger partial charge in [-0.15, -0.1) is 0 Å². The van der Waals surface area contributed by atoms with Gasteiger partial charge in [-0.3, -0.25) is 0 Å². The van der Waals surface area contributed by atoms with Crippen LogP contribution in [-0.2, 0) is 0 Å². The summed E-state index contributed by atoms with van der Waals surface area (Å²) >= 11 is 0. The molecule has 1 unspecified atom stereocenters. The molecule has 0 aromatic heterocycles. The van der Waals surface area contributed by atoms with Crippen molar-refractivity contribution in [2.45, 2.75) is 38.7 Å². The van der Waals surface area contributed by atoms with E-state index in [1.54, 1.807) is 6.92 Å². The molecule has 0 aromatic rings. The molecule has 0 aliphatic carbocycles. The van der Waals surface area contributed by atoms with Crippen molar-refractivity contribution in [3.8, 4) is 0 Å². The van der Waals surface area contributed by atoms with Gasteiger partial charge in [0.15, 0.2) is 0 Å². The molecule has 3 nitrogen and oxygen atoms in total. The second-order valence-corrected chi connectivity index (χ2v) is 3.17. The number of hydrogen-bond acceptors (Lipinski definition) is 3. The fourth-order valence-corrected chi connectivity index (χ4v) is 0.975. The van der Waals surface area contributed by atoms with E-state index in [1.807, 2.05) is 0 Å². The van der Waals surface area contributed by atoms with E-state index in [0.29, 0.717) is 6.61 Å². The normalized spacial score (nSPS) is 13.2. The molecule has 0 aliphatic rings. The molecule has 0 spiro atoms. The molecule has 0 heterocycles. The highest BCUT2D eigenvalue weighted by Gasteiger charge is 1.93. The van der Waals surface area contributed by atoms with Crippen LogP contribution in [0.2, 0.25) is 0 Å². The lowest BCUT2D eigenvalue weighted by atomic mass is 10.2. The van der Waals surface area contributed by atoms with Gasteiger partial charge in [-0.2, -0.15) is 0 Å². The van der Waals surface area contributed by atoms with Crippen molar-refractivity contribution in [1.29, 1.82) is 0 Å². The van der Waals surface area contributed by atoms with Gasteiger partial charge in [0.25, 0.3) is 0 Å². The number of rotatable bonds is 8. The van der Waals surface area contributed by atoms with Crippen molar-refractivity contribution < 1.29 is 10.2 Å². The molecule has 0 bridgehead atoms. The van der Waals surface area contributed by atoms with Crippen LogP contribution in [0.4, 0.5) is 0 Å². The lowest BCUT2D eigenvalue weighted by Crippen LogP contribution is -2.20. The topological polar surface area (TPSA) is 52.5 Å². The summed E-state index contributed by atoms with van der Waals surface area (Å²) in [5.74, 6) is 0. The predicted molar refractivity (Wildman–Crippen MR) is 50.1 cm³/mol. The Morgan fingerprint density at radius 1 is 1.17 bits per heavy atom. The van der Waals surface area contributed by atoms with Crippen LogP contribution >= 0.6 is 0 Å². The first-order chi connectivity index (χ1) is 5.77. The SMILES string of the molecule is CC(O)CCNCCCCCO. The molecule has 1 atom stereocenters. The summed E-state index contributed by atoms with van der Waals surface area (Å²) in [6.45, 7) is 3.98. The molecule has 0 saturated carbocycles. The zero-order chi connectivity index (χ0) is 9.23. The largest absolute Gasteiger partial charge is 0.396 e. The zero-order valence-electron chi connectivity index (χ0n) is 7.92. The lowest BCUT2D eigenvalue weighted by molar-refractivity contribution is 0.184. The first-order valence-corrected chi connectivity index (χ1v) is 4.77. The Balaban J connectivity index is 2.82. The fraction of sp³-hybridized carbons (Fsp3) is 1.00. The minimum atomic E-state index is -0.199. The second kappa shape index (κ2) is 8.97. The van der Waals surface area contributed by atoms with Crippen molar-refractivity contribution in [2.24, 2.45) is 0 Å². The van der Waals surface area contributed by atoms with E-state index in [0.717, 1.165) is 38.8 Å². The molecule has 12 heavy (non-hydrogen) atoms. The van der Waals surface area contributed by atoms with Crippen LogP contribution in [0.15, 0.2) is 0 Å². The average molecular weight is 175 g/mol. The van der Waals surface area contributed by atoms with Gasteiger partial charge in [0.2, 0.25) is 0 Å². The van der Waals surface area contributed by atoms with Crippen molar-refractivity contribution in [1.82, 2.24) is 5.32 Å². The van der Waals surface area contributed by atoms with Gasteiger partial charge in [-0.05, 0) is 45.7 Å². The summed E-state index contributed by atoms with van der Waals surface area (Å²) in [5.41, 5.74) is 0. The van der Waals surface area contributed by atoms with Gasteiger partial charge in [0.05, 0.1) is 6.10 Å².